The van der Waals surface area contributed by atoms with E-state index in [2.05, 4.69) is 42.3 Å². The van der Waals surface area contributed by atoms with Crippen molar-refractivity contribution in [3.8, 4) is 17.2 Å². The summed E-state index contributed by atoms with van der Waals surface area (Å²) in [6, 6.07) is 11.7. The van der Waals surface area contributed by atoms with Gasteiger partial charge in [-0.15, -0.1) is 0 Å². The molecule has 35 heavy (non-hydrogen) atoms. The smallest absolute Gasteiger partial charge is 0.233 e. The van der Waals surface area contributed by atoms with Crippen LogP contribution in [0.25, 0.3) is 5.69 Å². The van der Waals surface area contributed by atoms with Crippen molar-refractivity contribution in [2.75, 3.05) is 31.0 Å². The standard InChI is InChI=1S/C26H28N4O4S/c1-17-3-4-18(2)21(13-17)30-12-9-27-26(30)35-15-24(31)29-10-7-19(8-11-29)25(32)28-20-5-6-22-23(14-20)34-16-33-22/h3-6,9,12-14,19H,7-8,10-11,15-16H2,1-2H3,(H,28,32). The van der Waals surface area contributed by atoms with Crippen molar-refractivity contribution >= 4 is 29.3 Å². The van der Waals surface area contributed by atoms with Gasteiger partial charge < -0.3 is 19.7 Å². The third kappa shape index (κ3) is 5.14. The summed E-state index contributed by atoms with van der Waals surface area (Å²) in [7, 11) is 0. The molecule has 2 aromatic carbocycles. The summed E-state index contributed by atoms with van der Waals surface area (Å²) < 4.78 is 12.7. The quantitative estimate of drug-likeness (QED) is 0.520. The van der Waals surface area contributed by atoms with Crippen LogP contribution < -0.4 is 14.8 Å². The highest BCUT2D eigenvalue weighted by molar-refractivity contribution is 7.99. The molecule has 9 heteroatoms. The molecule has 0 radical (unpaired) electrons. The Bertz CT molecular complexity index is 1250. The van der Waals surface area contributed by atoms with Crippen molar-refractivity contribution in [2.45, 2.75) is 31.8 Å². The van der Waals surface area contributed by atoms with Gasteiger partial charge in [0.15, 0.2) is 16.7 Å². The second-order valence-corrected chi connectivity index (χ2v) is 9.81. The molecule has 1 N–H and O–H groups in total. The number of nitrogens with zero attached hydrogens (tertiary/aromatic N) is 3. The number of hydrogen-bond acceptors (Lipinski definition) is 6. The molecular weight excluding hydrogens is 464 g/mol. The molecule has 2 amide bonds. The molecule has 1 saturated heterocycles. The van der Waals surface area contributed by atoms with Crippen LogP contribution in [0.4, 0.5) is 5.69 Å². The van der Waals surface area contributed by atoms with Gasteiger partial charge in [0.25, 0.3) is 0 Å². The van der Waals surface area contributed by atoms with Gasteiger partial charge in [0, 0.05) is 43.2 Å². The molecule has 1 fully saturated rings. The predicted octanol–water partition coefficient (Wildman–Crippen LogP) is 4.19. The van der Waals surface area contributed by atoms with Gasteiger partial charge in [-0.1, -0.05) is 23.9 Å². The maximum atomic E-state index is 12.9. The zero-order valence-electron chi connectivity index (χ0n) is 19.8. The van der Waals surface area contributed by atoms with Gasteiger partial charge in [-0.3, -0.25) is 14.2 Å². The molecule has 8 nitrogen and oxygen atoms in total. The number of benzene rings is 2. The normalized spacial score (nSPS) is 15.3. The van der Waals surface area contributed by atoms with Crippen LogP contribution in [0.5, 0.6) is 11.5 Å². The van der Waals surface area contributed by atoms with Crippen molar-refractivity contribution in [2.24, 2.45) is 5.92 Å². The Labute approximate surface area is 208 Å². The number of nitrogens with one attached hydrogen (secondary N) is 1. The van der Waals surface area contributed by atoms with E-state index in [9.17, 15) is 9.59 Å². The minimum absolute atomic E-state index is 0.0270. The van der Waals surface area contributed by atoms with Crippen LogP contribution in [-0.2, 0) is 9.59 Å². The number of amides is 2. The number of carbonyl (C=O) groups excluding carboxylic acids is 2. The van der Waals surface area contributed by atoms with Crippen LogP contribution in [0.1, 0.15) is 24.0 Å². The molecule has 3 aromatic rings. The van der Waals surface area contributed by atoms with Gasteiger partial charge in [-0.25, -0.2) is 4.98 Å². The third-order valence-corrected chi connectivity index (χ3v) is 7.37. The maximum Gasteiger partial charge on any atom is 0.233 e. The SMILES string of the molecule is Cc1ccc(C)c(-n2ccnc2SCC(=O)N2CCC(C(=O)Nc3ccc4c(c3)OCO4)CC2)c1. The molecule has 3 heterocycles. The summed E-state index contributed by atoms with van der Waals surface area (Å²) in [6.07, 6.45) is 4.98. The number of fused-ring (bicyclic) bond motifs is 1. The average Bonchev–Trinajstić information content (AvgIpc) is 3.53. The van der Waals surface area contributed by atoms with Crippen LogP contribution in [0.3, 0.4) is 0 Å². The summed E-state index contributed by atoms with van der Waals surface area (Å²) in [5.74, 6) is 1.56. The topological polar surface area (TPSA) is 85.7 Å². The van der Waals surface area contributed by atoms with Crippen LogP contribution in [0.15, 0.2) is 53.9 Å². The lowest BCUT2D eigenvalue weighted by Crippen LogP contribution is -2.42. The van der Waals surface area contributed by atoms with Gasteiger partial charge in [-0.2, -0.15) is 0 Å². The zero-order valence-corrected chi connectivity index (χ0v) is 20.6. The number of anilines is 1. The summed E-state index contributed by atoms with van der Waals surface area (Å²) in [4.78, 5) is 31.9. The van der Waals surface area contributed by atoms with Gasteiger partial charge in [0.05, 0.1) is 11.4 Å². The minimum atomic E-state index is -0.125. The largest absolute Gasteiger partial charge is 0.454 e. The number of rotatable bonds is 6. The fraction of sp³-hybridized carbons (Fsp3) is 0.346. The molecule has 2 aliphatic heterocycles. The van der Waals surface area contributed by atoms with Gasteiger partial charge in [-0.05, 0) is 56.0 Å². The molecular formula is C26H28N4O4S. The predicted molar refractivity (Wildman–Crippen MR) is 134 cm³/mol. The van der Waals surface area contributed by atoms with Crippen molar-refractivity contribution in [3.05, 3.63) is 59.9 Å². The van der Waals surface area contributed by atoms with Crippen LogP contribution in [0, 0.1) is 19.8 Å². The van der Waals surface area contributed by atoms with E-state index >= 15 is 0 Å². The molecule has 0 spiro atoms. The lowest BCUT2D eigenvalue weighted by atomic mass is 9.96. The highest BCUT2D eigenvalue weighted by Gasteiger charge is 2.28. The number of piperidine rings is 1. The highest BCUT2D eigenvalue weighted by Crippen LogP contribution is 2.34. The van der Waals surface area contributed by atoms with E-state index in [0.717, 1.165) is 16.4 Å². The lowest BCUT2D eigenvalue weighted by Gasteiger charge is -2.31. The van der Waals surface area contributed by atoms with E-state index in [4.69, 9.17) is 9.47 Å². The van der Waals surface area contributed by atoms with Gasteiger partial charge in [0.2, 0.25) is 18.6 Å². The molecule has 0 atom stereocenters. The minimum Gasteiger partial charge on any atom is -0.454 e. The second kappa shape index (κ2) is 10.0. The Hall–Kier alpha value is -3.46. The summed E-state index contributed by atoms with van der Waals surface area (Å²) in [6.45, 7) is 5.48. The lowest BCUT2D eigenvalue weighted by molar-refractivity contribution is -0.132. The number of carbonyl (C=O) groups is 2. The Balaban J connectivity index is 1.12. The molecule has 1 aromatic heterocycles. The van der Waals surface area contributed by atoms with E-state index < -0.39 is 0 Å². The van der Waals surface area contributed by atoms with Crippen molar-refractivity contribution < 1.29 is 19.1 Å². The molecule has 5 rings (SSSR count). The Morgan fingerprint density at radius 2 is 1.89 bits per heavy atom. The van der Waals surface area contributed by atoms with E-state index in [1.165, 1.54) is 17.3 Å². The number of thioether (sulfide) groups is 1. The van der Waals surface area contributed by atoms with Crippen LogP contribution in [-0.4, -0.2) is 51.9 Å². The molecule has 0 bridgehead atoms. The Morgan fingerprint density at radius 3 is 2.71 bits per heavy atom. The Kier molecular flexibility index (Phi) is 6.68. The zero-order chi connectivity index (χ0) is 24.4. The summed E-state index contributed by atoms with van der Waals surface area (Å²) in [5.41, 5.74) is 4.10. The number of likely N-dealkylation sites (tertiary alicyclic amines) is 1. The maximum absolute atomic E-state index is 12.9. The van der Waals surface area contributed by atoms with Gasteiger partial charge >= 0.3 is 0 Å². The fourth-order valence-corrected chi connectivity index (χ4v) is 5.25. The monoisotopic (exact) mass is 492 g/mol. The fourth-order valence-electron chi connectivity index (χ4n) is 4.39. The van der Waals surface area contributed by atoms with Crippen LogP contribution >= 0.6 is 11.8 Å². The first kappa shape index (κ1) is 23.3. The summed E-state index contributed by atoms with van der Waals surface area (Å²) in [5, 5.41) is 3.76. The molecule has 0 aliphatic carbocycles. The molecule has 2 aliphatic rings. The molecule has 0 unspecified atom stereocenters. The first-order valence-electron chi connectivity index (χ1n) is 11.7. The third-order valence-electron chi connectivity index (χ3n) is 6.41. The van der Waals surface area contributed by atoms with E-state index in [-0.39, 0.29) is 24.5 Å². The van der Waals surface area contributed by atoms with Gasteiger partial charge in [0.1, 0.15) is 0 Å². The highest BCUT2D eigenvalue weighted by atomic mass is 32.2. The number of hydrogen-bond donors (Lipinski definition) is 1. The van der Waals surface area contributed by atoms with E-state index in [1.807, 2.05) is 21.7 Å². The Morgan fingerprint density at radius 1 is 1.09 bits per heavy atom. The number of aromatic nitrogens is 2. The molecule has 0 saturated carbocycles. The van der Waals surface area contributed by atoms with Crippen molar-refractivity contribution in [1.82, 2.24) is 14.5 Å². The van der Waals surface area contributed by atoms with Crippen molar-refractivity contribution in [1.29, 1.82) is 0 Å². The number of aryl methyl sites for hydroxylation is 2. The van der Waals surface area contributed by atoms with Crippen LogP contribution in [0.2, 0.25) is 0 Å². The molecule has 182 valence electrons. The number of ether oxygens (including phenoxy) is 2. The van der Waals surface area contributed by atoms with E-state index in [1.54, 1.807) is 18.3 Å². The average molecular weight is 493 g/mol. The first-order chi connectivity index (χ1) is 17.0. The van der Waals surface area contributed by atoms with Crippen molar-refractivity contribution in [3.63, 3.8) is 0 Å². The second-order valence-electron chi connectivity index (χ2n) is 8.87. The van der Waals surface area contributed by atoms with E-state index in [0.29, 0.717) is 48.9 Å². The first-order valence-corrected chi connectivity index (χ1v) is 12.7. The summed E-state index contributed by atoms with van der Waals surface area (Å²) >= 11 is 1.44. The number of imidazole rings is 1.